The molecule has 0 aliphatic rings. The average molecular weight is 304 g/mol. The van der Waals surface area contributed by atoms with Crippen LogP contribution in [0.25, 0.3) is 10.9 Å². The van der Waals surface area contributed by atoms with Gasteiger partial charge in [0.1, 0.15) is 0 Å². The molecule has 0 aliphatic heterocycles. The van der Waals surface area contributed by atoms with Crippen LogP contribution in [0, 0.1) is 6.92 Å². The van der Waals surface area contributed by atoms with Crippen molar-refractivity contribution in [2.75, 3.05) is 19.5 Å². The van der Waals surface area contributed by atoms with Crippen molar-refractivity contribution in [3.63, 3.8) is 0 Å². The van der Waals surface area contributed by atoms with Gasteiger partial charge in [0.05, 0.1) is 19.7 Å². The summed E-state index contributed by atoms with van der Waals surface area (Å²) in [6.07, 6.45) is -1.20. The van der Waals surface area contributed by atoms with Crippen LogP contribution in [-0.4, -0.2) is 36.8 Å². The van der Waals surface area contributed by atoms with Crippen LogP contribution >= 0.6 is 0 Å². The first kappa shape index (κ1) is 15.6. The lowest BCUT2D eigenvalue weighted by Gasteiger charge is -2.06. The van der Waals surface area contributed by atoms with Gasteiger partial charge in [-0.25, -0.2) is 14.2 Å². The van der Waals surface area contributed by atoms with E-state index < -0.39 is 12.2 Å². The maximum absolute atomic E-state index is 11.9. The van der Waals surface area contributed by atoms with E-state index in [-0.39, 0.29) is 5.78 Å². The number of ether oxygens (including phenoxy) is 2. The van der Waals surface area contributed by atoms with E-state index >= 15 is 0 Å². The Morgan fingerprint density at radius 3 is 2.36 bits per heavy atom. The van der Waals surface area contributed by atoms with Crippen LogP contribution in [0.15, 0.2) is 18.2 Å². The van der Waals surface area contributed by atoms with Gasteiger partial charge in [-0.05, 0) is 32.0 Å². The minimum absolute atomic E-state index is 0.180. The van der Waals surface area contributed by atoms with Crippen molar-refractivity contribution in [1.82, 2.24) is 4.57 Å². The second-order valence-corrected chi connectivity index (χ2v) is 4.67. The molecule has 1 amide bonds. The number of nitrogens with one attached hydrogen (secondary N) is 1. The highest BCUT2D eigenvalue weighted by Crippen LogP contribution is 2.29. The Balaban J connectivity index is 2.70. The SMILES string of the molecule is COC(=O)Nc1ccc2c(c1)c(C(C)=O)c(C)n2C(=O)OC. The molecule has 0 fully saturated rings. The normalized spacial score (nSPS) is 10.4. The molecule has 0 aliphatic carbocycles. The largest absolute Gasteiger partial charge is 0.453 e. The standard InChI is InChI=1S/C15H16N2O5/c1-8-13(9(2)18)11-7-10(16-14(19)21-3)5-6-12(11)17(8)15(20)22-4/h5-7H,1-4H3,(H,16,19). The number of fused-ring (bicyclic) bond motifs is 1. The fraction of sp³-hybridized carbons (Fsp3) is 0.267. The summed E-state index contributed by atoms with van der Waals surface area (Å²) in [5.41, 5.74) is 1.90. The summed E-state index contributed by atoms with van der Waals surface area (Å²) in [5, 5.41) is 3.08. The first-order valence-corrected chi connectivity index (χ1v) is 6.50. The lowest BCUT2D eigenvalue weighted by atomic mass is 10.1. The van der Waals surface area contributed by atoms with Crippen molar-refractivity contribution in [1.29, 1.82) is 0 Å². The summed E-state index contributed by atoms with van der Waals surface area (Å²) in [6, 6.07) is 4.87. The lowest BCUT2D eigenvalue weighted by molar-refractivity contribution is 0.101. The number of anilines is 1. The molecule has 0 unspecified atom stereocenters. The molecular weight excluding hydrogens is 288 g/mol. The minimum Gasteiger partial charge on any atom is -0.453 e. The third-order valence-corrected chi connectivity index (χ3v) is 3.35. The van der Waals surface area contributed by atoms with Crippen molar-refractivity contribution in [3.05, 3.63) is 29.5 Å². The number of aromatic nitrogens is 1. The average Bonchev–Trinajstić information content (AvgIpc) is 2.77. The number of carbonyl (C=O) groups excluding carboxylic acids is 3. The van der Waals surface area contributed by atoms with Crippen LogP contribution in [0.5, 0.6) is 0 Å². The number of hydrogen-bond acceptors (Lipinski definition) is 5. The second-order valence-electron chi connectivity index (χ2n) is 4.67. The maximum Gasteiger partial charge on any atom is 0.418 e. The van der Waals surface area contributed by atoms with Gasteiger partial charge in [0.25, 0.3) is 0 Å². The number of carbonyl (C=O) groups is 3. The molecule has 7 nitrogen and oxygen atoms in total. The monoisotopic (exact) mass is 304 g/mol. The zero-order valence-corrected chi connectivity index (χ0v) is 12.7. The molecule has 7 heteroatoms. The molecule has 1 aromatic carbocycles. The van der Waals surface area contributed by atoms with Crippen molar-refractivity contribution < 1.29 is 23.9 Å². The number of rotatable bonds is 2. The maximum atomic E-state index is 11.9. The molecule has 22 heavy (non-hydrogen) atoms. The topological polar surface area (TPSA) is 86.6 Å². The van der Waals surface area contributed by atoms with E-state index in [9.17, 15) is 14.4 Å². The summed E-state index contributed by atoms with van der Waals surface area (Å²) in [5.74, 6) is -0.180. The van der Waals surface area contributed by atoms with Crippen LogP contribution in [-0.2, 0) is 9.47 Å². The summed E-state index contributed by atoms with van der Waals surface area (Å²) >= 11 is 0. The Labute approximate surface area is 126 Å². The summed E-state index contributed by atoms with van der Waals surface area (Å²) < 4.78 is 10.6. The number of ketones is 1. The van der Waals surface area contributed by atoms with Gasteiger partial charge in [-0.1, -0.05) is 0 Å². The van der Waals surface area contributed by atoms with Crippen LogP contribution in [0.4, 0.5) is 15.3 Å². The summed E-state index contributed by atoms with van der Waals surface area (Å²) in [4.78, 5) is 35.1. The van der Waals surface area contributed by atoms with Gasteiger partial charge in [0.15, 0.2) is 5.78 Å². The number of hydrogen-bond donors (Lipinski definition) is 1. The van der Waals surface area contributed by atoms with E-state index in [2.05, 4.69) is 10.1 Å². The Bertz CT molecular complexity index is 776. The Morgan fingerprint density at radius 2 is 1.82 bits per heavy atom. The van der Waals surface area contributed by atoms with Gasteiger partial charge in [0.2, 0.25) is 0 Å². The Hall–Kier alpha value is -2.83. The van der Waals surface area contributed by atoms with Crippen molar-refractivity contribution in [3.8, 4) is 0 Å². The third kappa shape index (κ3) is 2.52. The molecule has 0 atom stereocenters. The predicted octanol–water partition coefficient (Wildman–Crippen LogP) is 2.95. The molecule has 1 heterocycles. The van der Waals surface area contributed by atoms with E-state index in [0.717, 1.165) is 0 Å². The second kappa shape index (κ2) is 5.88. The molecule has 0 bridgehead atoms. The highest BCUT2D eigenvalue weighted by atomic mass is 16.5. The van der Waals surface area contributed by atoms with Crippen LogP contribution in [0.3, 0.4) is 0 Å². The van der Waals surface area contributed by atoms with E-state index in [1.54, 1.807) is 25.1 Å². The quantitative estimate of drug-likeness (QED) is 0.862. The van der Waals surface area contributed by atoms with Gasteiger partial charge in [-0.2, -0.15) is 0 Å². The van der Waals surface area contributed by atoms with Crippen molar-refractivity contribution in [2.45, 2.75) is 13.8 Å². The van der Waals surface area contributed by atoms with E-state index in [4.69, 9.17) is 4.74 Å². The molecular formula is C15H16N2O5. The highest BCUT2D eigenvalue weighted by Gasteiger charge is 2.22. The number of amides is 1. The number of Topliss-reactive ketones (excluding diaryl/α,β-unsaturated/α-hetero) is 1. The van der Waals surface area contributed by atoms with Crippen LogP contribution in [0.2, 0.25) is 0 Å². The van der Waals surface area contributed by atoms with Gasteiger partial charge < -0.3 is 9.47 Å². The highest BCUT2D eigenvalue weighted by molar-refractivity contribution is 6.11. The first-order chi connectivity index (χ1) is 10.4. The van der Waals surface area contributed by atoms with E-state index in [0.29, 0.717) is 27.8 Å². The third-order valence-electron chi connectivity index (χ3n) is 3.35. The van der Waals surface area contributed by atoms with E-state index in [1.807, 2.05) is 0 Å². The Kier molecular flexibility index (Phi) is 4.16. The molecule has 0 saturated carbocycles. The number of nitrogens with zero attached hydrogens (tertiary/aromatic N) is 1. The molecule has 2 aromatic rings. The fourth-order valence-electron chi connectivity index (χ4n) is 2.44. The van der Waals surface area contributed by atoms with Crippen molar-refractivity contribution in [2.24, 2.45) is 0 Å². The molecule has 0 saturated heterocycles. The van der Waals surface area contributed by atoms with Gasteiger partial charge >= 0.3 is 12.2 Å². The molecule has 116 valence electrons. The van der Waals surface area contributed by atoms with Gasteiger partial charge in [-0.15, -0.1) is 0 Å². The number of methoxy groups -OCH3 is 2. The molecule has 1 aromatic heterocycles. The number of benzene rings is 1. The minimum atomic E-state index is -0.618. The molecule has 0 radical (unpaired) electrons. The van der Waals surface area contributed by atoms with Gasteiger partial charge in [-0.3, -0.25) is 10.1 Å². The van der Waals surface area contributed by atoms with Crippen LogP contribution in [0.1, 0.15) is 23.0 Å². The molecule has 0 spiro atoms. The van der Waals surface area contributed by atoms with E-state index in [1.165, 1.54) is 25.7 Å². The summed E-state index contributed by atoms with van der Waals surface area (Å²) in [7, 11) is 2.53. The smallest absolute Gasteiger partial charge is 0.418 e. The molecule has 1 N–H and O–H groups in total. The van der Waals surface area contributed by atoms with Crippen molar-refractivity contribution >= 4 is 34.6 Å². The lowest BCUT2D eigenvalue weighted by Crippen LogP contribution is -2.13. The fourth-order valence-corrected chi connectivity index (χ4v) is 2.44. The summed E-state index contributed by atoms with van der Waals surface area (Å²) in [6.45, 7) is 3.09. The zero-order chi connectivity index (χ0) is 16.4. The first-order valence-electron chi connectivity index (χ1n) is 6.50. The van der Waals surface area contributed by atoms with Crippen LogP contribution < -0.4 is 5.32 Å². The Morgan fingerprint density at radius 1 is 1.14 bits per heavy atom. The van der Waals surface area contributed by atoms with Gasteiger partial charge in [0, 0.05) is 22.3 Å². The molecule has 2 rings (SSSR count). The predicted molar refractivity (Wildman–Crippen MR) is 80.5 cm³/mol. The zero-order valence-electron chi connectivity index (χ0n) is 12.7.